The molecule has 2 fully saturated rings. The summed E-state index contributed by atoms with van der Waals surface area (Å²) >= 11 is 1.49. The molecule has 170 valence electrons. The van der Waals surface area contributed by atoms with E-state index in [0.29, 0.717) is 37.1 Å². The van der Waals surface area contributed by atoms with Crippen molar-refractivity contribution in [3.05, 3.63) is 46.7 Å². The lowest BCUT2D eigenvalue weighted by atomic mass is 10.1. The van der Waals surface area contributed by atoms with Gasteiger partial charge in [0.05, 0.1) is 23.6 Å². The summed E-state index contributed by atoms with van der Waals surface area (Å²) < 4.78 is 7.39. The van der Waals surface area contributed by atoms with Gasteiger partial charge in [0, 0.05) is 55.5 Å². The second-order valence-corrected chi connectivity index (χ2v) is 9.52. The van der Waals surface area contributed by atoms with Crippen molar-refractivity contribution < 1.29 is 9.53 Å². The number of thiazole rings is 1. The number of aromatic nitrogens is 6. The van der Waals surface area contributed by atoms with E-state index in [4.69, 9.17) is 14.8 Å². The number of aromatic amines is 1. The highest BCUT2D eigenvalue weighted by Crippen LogP contribution is 2.39. The Morgan fingerprint density at radius 2 is 2.30 bits per heavy atom. The van der Waals surface area contributed by atoms with E-state index in [0.717, 1.165) is 22.0 Å². The van der Waals surface area contributed by atoms with Gasteiger partial charge < -0.3 is 15.0 Å². The zero-order valence-electron chi connectivity index (χ0n) is 18.1. The van der Waals surface area contributed by atoms with E-state index < -0.39 is 0 Å². The zero-order chi connectivity index (χ0) is 22.4. The van der Waals surface area contributed by atoms with Gasteiger partial charge in [-0.2, -0.15) is 10.1 Å². The van der Waals surface area contributed by atoms with Crippen molar-refractivity contribution >= 4 is 40.2 Å². The van der Waals surface area contributed by atoms with Crippen LogP contribution < -0.4 is 10.2 Å². The smallest absolute Gasteiger partial charge is 0.246 e. The van der Waals surface area contributed by atoms with Gasteiger partial charge in [-0.15, -0.1) is 16.4 Å². The van der Waals surface area contributed by atoms with Crippen LogP contribution in [0.1, 0.15) is 35.9 Å². The van der Waals surface area contributed by atoms with Crippen LogP contribution >= 0.6 is 11.3 Å². The average molecular weight is 465 g/mol. The molecule has 0 aromatic carbocycles. The number of ether oxygens (including phenoxy) is 1. The molecule has 0 unspecified atom stereocenters. The van der Waals surface area contributed by atoms with Gasteiger partial charge in [0.15, 0.2) is 17.4 Å². The van der Waals surface area contributed by atoms with Crippen LogP contribution in [0.25, 0.3) is 5.52 Å². The molecule has 4 aromatic heterocycles. The Kier molecular flexibility index (Phi) is 5.07. The van der Waals surface area contributed by atoms with Crippen molar-refractivity contribution in [2.24, 2.45) is 0 Å². The molecule has 0 spiro atoms. The molecule has 10 nitrogen and oxygen atoms in total. The molecular weight excluding hydrogens is 440 g/mol. The molecular formula is C22H24N8O2S. The summed E-state index contributed by atoms with van der Waals surface area (Å²) in [6, 6.07) is 5.54. The summed E-state index contributed by atoms with van der Waals surface area (Å²) in [6.45, 7) is 0.547. The quantitative estimate of drug-likeness (QED) is 0.409. The maximum Gasteiger partial charge on any atom is 0.246 e. The van der Waals surface area contributed by atoms with Crippen LogP contribution in [0.2, 0.25) is 0 Å². The van der Waals surface area contributed by atoms with Crippen molar-refractivity contribution in [2.75, 3.05) is 23.9 Å². The first-order valence-electron chi connectivity index (χ1n) is 11.1. The fraction of sp³-hybridized carbons (Fsp3) is 0.409. The molecule has 11 heteroatoms. The zero-order valence-corrected chi connectivity index (χ0v) is 19.0. The molecule has 1 aliphatic carbocycles. The normalized spacial score (nSPS) is 20.6. The molecule has 2 aliphatic rings. The molecule has 0 bridgehead atoms. The third kappa shape index (κ3) is 3.98. The first-order chi connectivity index (χ1) is 16.2. The van der Waals surface area contributed by atoms with Crippen LogP contribution in [-0.2, 0) is 16.0 Å². The Hall–Kier alpha value is -3.31. The number of methoxy groups -OCH3 is 1. The van der Waals surface area contributed by atoms with Crippen molar-refractivity contribution in [2.45, 2.75) is 43.7 Å². The Labute approximate surface area is 194 Å². The minimum absolute atomic E-state index is 0.0666. The SMILES string of the molecule is CO[C@@H]1C[C@@H](C(=O)Cc2nccs2)N(c2nc(Nc3cc(C4CC4)[nH]n3)c3cccn3n2)C1. The monoisotopic (exact) mass is 464 g/mol. The van der Waals surface area contributed by atoms with Crippen molar-refractivity contribution in [1.29, 1.82) is 0 Å². The molecule has 5 heterocycles. The highest BCUT2D eigenvalue weighted by atomic mass is 32.1. The molecule has 2 atom stereocenters. The molecule has 2 N–H and O–H groups in total. The van der Waals surface area contributed by atoms with Crippen LogP contribution in [0.15, 0.2) is 36.0 Å². The Morgan fingerprint density at radius 1 is 1.39 bits per heavy atom. The first kappa shape index (κ1) is 20.3. The van der Waals surface area contributed by atoms with Crippen LogP contribution in [0.5, 0.6) is 0 Å². The maximum absolute atomic E-state index is 13.2. The van der Waals surface area contributed by atoms with Gasteiger partial charge in [-0.25, -0.2) is 9.50 Å². The van der Waals surface area contributed by atoms with E-state index in [9.17, 15) is 4.79 Å². The van der Waals surface area contributed by atoms with E-state index in [1.807, 2.05) is 34.7 Å². The lowest BCUT2D eigenvalue weighted by Gasteiger charge is -2.23. The molecule has 1 saturated carbocycles. The number of ketones is 1. The van der Waals surface area contributed by atoms with E-state index in [2.05, 4.69) is 20.5 Å². The standard InChI is InChI=1S/C22H24N8O2S/c1-32-14-9-17(18(31)11-20-23-6-8-33-20)29(12-14)22-25-21(16-3-2-7-30(16)28-22)24-19-10-15(26-27-19)13-4-5-13/h2-3,6-8,10,13-14,17H,4-5,9,11-12H2,1H3,(H2,24,25,26,27,28)/t14-,17+/m1/s1. The summed E-state index contributed by atoms with van der Waals surface area (Å²) in [5, 5.41) is 18.3. The van der Waals surface area contributed by atoms with Crippen LogP contribution in [0, 0.1) is 0 Å². The van der Waals surface area contributed by atoms with E-state index >= 15 is 0 Å². The number of fused-ring (bicyclic) bond motifs is 1. The summed E-state index contributed by atoms with van der Waals surface area (Å²) in [5.74, 6) is 2.53. The van der Waals surface area contributed by atoms with Crippen LogP contribution in [0.4, 0.5) is 17.6 Å². The second-order valence-electron chi connectivity index (χ2n) is 8.54. The van der Waals surface area contributed by atoms with Crippen molar-refractivity contribution in [3.63, 3.8) is 0 Å². The summed E-state index contributed by atoms with van der Waals surface area (Å²) in [7, 11) is 1.68. The Balaban J connectivity index is 1.32. The van der Waals surface area contributed by atoms with Gasteiger partial charge in [0.1, 0.15) is 5.52 Å². The van der Waals surface area contributed by atoms with Gasteiger partial charge in [0.25, 0.3) is 0 Å². The number of hydrogen-bond donors (Lipinski definition) is 2. The number of nitrogens with zero attached hydrogens (tertiary/aromatic N) is 6. The van der Waals surface area contributed by atoms with Crippen molar-refractivity contribution in [1.82, 2.24) is 29.8 Å². The van der Waals surface area contributed by atoms with Crippen LogP contribution in [-0.4, -0.2) is 61.4 Å². The lowest BCUT2D eigenvalue weighted by Crippen LogP contribution is -2.38. The number of anilines is 3. The average Bonchev–Trinajstić information content (AvgIpc) is 3.28. The number of nitrogens with one attached hydrogen (secondary N) is 2. The fourth-order valence-electron chi connectivity index (χ4n) is 4.36. The molecule has 1 saturated heterocycles. The topological polar surface area (TPSA) is 113 Å². The molecule has 0 amide bonds. The van der Waals surface area contributed by atoms with Crippen molar-refractivity contribution in [3.8, 4) is 0 Å². The summed E-state index contributed by atoms with van der Waals surface area (Å²) in [5.41, 5.74) is 1.98. The fourth-order valence-corrected chi connectivity index (χ4v) is 4.99. The largest absolute Gasteiger partial charge is 0.380 e. The predicted molar refractivity (Wildman–Crippen MR) is 124 cm³/mol. The number of hydrogen-bond acceptors (Lipinski definition) is 9. The molecule has 33 heavy (non-hydrogen) atoms. The lowest BCUT2D eigenvalue weighted by molar-refractivity contribution is -0.119. The number of Topliss-reactive ketones (excluding diaryl/α,β-unsaturated/α-hetero) is 1. The summed E-state index contributed by atoms with van der Waals surface area (Å²) in [6.07, 6.45) is 6.83. The first-order valence-corrected chi connectivity index (χ1v) is 11.9. The molecule has 0 radical (unpaired) electrons. The Bertz CT molecular complexity index is 1280. The van der Waals surface area contributed by atoms with E-state index in [-0.39, 0.29) is 17.9 Å². The minimum Gasteiger partial charge on any atom is -0.380 e. The number of carbonyl (C=O) groups is 1. The Morgan fingerprint density at radius 3 is 3.09 bits per heavy atom. The molecule has 1 aliphatic heterocycles. The number of rotatable bonds is 8. The minimum atomic E-state index is -0.369. The van der Waals surface area contributed by atoms with Gasteiger partial charge in [-0.3, -0.25) is 9.89 Å². The van der Waals surface area contributed by atoms with Gasteiger partial charge in [-0.05, 0) is 25.0 Å². The van der Waals surface area contributed by atoms with E-state index in [1.165, 1.54) is 24.2 Å². The van der Waals surface area contributed by atoms with Gasteiger partial charge >= 0.3 is 0 Å². The highest BCUT2D eigenvalue weighted by Gasteiger charge is 2.39. The predicted octanol–water partition coefficient (Wildman–Crippen LogP) is 2.94. The van der Waals surface area contributed by atoms with Gasteiger partial charge in [-0.1, -0.05) is 0 Å². The molecule has 4 aromatic rings. The van der Waals surface area contributed by atoms with E-state index in [1.54, 1.807) is 17.8 Å². The maximum atomic E-state index is 13.2. The number of H-pyrrole nitrogens is 1. The highest BCUT2D eigenvalue weighted by molar-refractivity contribution is 7.09. The van der Waals surface area contributed by atoms with Crippen LogP contribution in [0.3, 0.4) is 0 Å². The third-order valence-corrected chi connectivity index (χ3v) is 7.05. The summed E-state index contributed by atoms with van der Waals surface area (Å²) in [4.78, 5) is 24.2. The second kappa shape index (κ2) is 8.23. The molecule has 6 rings (SSSR count). The number of carbonyl (C=O) groups excluding carboxylic acids is 1. The third-order valence-electron chi connectivity index (χ3n) is 6.27. The van der Waals surface area contributed by atoms with Gasteiger partial charge in [0.2, 0.25) is 5.95 Å².